The zero-order chi connectivity index (χ0) is 18.2. The Hall–Kier alpha value is -1.77. The molecule has 0 radical (unpaired) electrons. The summed E-state index contributed by atoms with van der Waals surface area (Å²) in [5.74, 6) is 1.43. The van der Waals surface area contributed by atoms with Gasteiger partial charge in [0.05, 0.1) is 23.0 Å². The number of amides is 1. The highest BCUT2D eigenvalue weighted by molar-refractivity contribution is 14.1. The first-order valence-corrected chi connectivity index (χ1v) is 9.46. The number of carbonyl (C=O) groups is 1. The minimum Gasteiger partial charge on any atom is -0.490 e. The number of aromatic nitrogens is 2. The molecule has 0 fully saturated rings. The average Bonchev–Trinajstić information content (AvgIpc) is 2.92. The maximum absolute atomic E-state index is 12.1. The van der Waals surface area contributed by atoms with Crippen molar-refractivity contribution in [3.8, 4) is 11.5 Å². The van der Waals surface area contributed by atoms with Crippen molar-refractivity contribution in [2.45, 2.75) is 40.3 Å². The summed E-state index contributed by atoms with van der Waals surface area (Å²) in [6.45, 7) is 8.06. The Bertz CT molecular complexity index is 716. The molecule has 1 N–H and O–H groups in total. The first kappa shape index (κ1) is 19.6. The number of aryl methyl sites for hydroxylation is 1. The van der Waals surface area contributed by atoms with Gasteiger partial charge in [0.2, 0.25) is 5.91 Å². The molecule has 0 atom stereocenters. The summed E-state index contributed by atoms with van der Waals surface area (Å²) in [6.07, 6.45) is 2.21. The summed E-state index contributed by atoms with van der Waals surface area (Å²) in [5.41, 5.74) is 2.06. The third kappa shape index (κ3) is 5.62. The molecule has 0 aliphatic carbocycles. The first-order chi connectivity index (χ1) is 12.0. The van der Waals surface area contributed by atoms with Gasteiger partial charge in [0.15, 0.2) is 11.5 Å². The van der Waals surface area contributed by atoms with E-state index in [1.54, 1.807) is 0 Å². The molecule has 0 aliphatic rings. The van der Waals surface area contributed by atoms with Gasteiger partial charge in [-0.25, -0.2) is 0 Å². The van der Waals surface area contributed by atoms with Crippen molar-refractivity contribution >= 4 is 28.5 Å². The molecule has 1 amide bonds. The van der Waals surface area contributed by atoms with Crippen molar-refractivity contribution in [1.29, 1.82) is 0 Å². The van der Waals surface area contributed by atoms with Crippen LogP contribution in [-0.4, -0.2) is 28.9 Å². The average molecular weight is 457 g/mol. The molecule has 0 unspecified atom stereocenters. The van der Waals surface area contributed by atoms with Crippen LogP contribution in [0.4, 0.5) is 0 Å². The number of halogens is 1. The minimum atomic E-state index is -0.00301. The van der Waals surface area contributed by atoms with Crippen molar-refractivity contribution in [3.05, 3.63) is 39.2 Å². The monoisotopic (exact) mass is 457 g/mol. The molecule has 25 heavy (non-hydrogen) atoms. The molecule has 1 heterocycles. The molecular formula is C18H24IN3O3. The smallest absolute Gasteiger partial charge is 0.222 e. The fourth-order valence-electron chi connectivity index (χ4n) is 2.35. The lowest BCUT2D eigenvalue weighted by molar-refractivity contribution is -0.121. The molecule has 1 aromatic heterocycles. The van der Waals surface area contributed by atoms with E-state index in [9.17, 15) is 4.79 Å². The molecular weight excluding hydrogens is 433 g/mol. The van der Waals surface area contributed by atoms with E-state index in [4.69, 9.17) is 9.47 Å². The summed E-state index contributed by atoms with van der Waals surface area (Å²) in [6, 6.07) is 5.73. The van der Waals surface area contributed by atoms with Gasteiger partial charge in [0.1, 0.15) is 0 Å². The van der Waals surface area contributed by atoms with Crippen LogP contribution in [0.25, 0.3) is 0 Å². The molecule has 0 aliphatic heterocycles. The molecule has 6 nitrogen and oxygen atoms in total. The Morgan fingerprint density at radius 2 is 1.96 bits per heavy atom. The SMILES string of the molecule is CCOc1ccc(CNC(=O)CCn2ncc(I)c2C)cc1OCC. The van der Waals surface area contributed by atoms with Crippen LogP contribution in [0.5, 0.6) is 11.5 Å². The Labute approximate surface area is 162 Å². The van der Waals surface area contributed by atoms with E-state index >= 15 is 0 Å². The highest BCUT2D eigenvalue weighted by Crippen LogP contribution is 2.28. The number of hydrogen-bond acceptors (Lipinski definition) is 4. The lowest BCUT2D eigenvalue weighted by Gasteiger charge is -2.13. The van der Waals surface area contributed by atoms with Crippen LogP contribution in [0.2, 0.25) is 0 Å². The van der Waals surface area contributed by atoms with Crippen molar-refractivity contribution in [1.82, 2.24) is 15.1 Å². The third-order valence-corrected chi connectivity index (χ3v) is 4.75. The maximum Gasteiger partial charge on any atom is 0.222 e. The molecule has 7 heteroatoms. The standard InChI is InChI=1S/C18H24IN3O3/c1-4-24-16-7-6-14(10-17(16)25-5-2)11-20-18(23)8-9-22-13(3)15(19)12-21-22/h6-7,10,12H,4-5,8-9,11H2,1-3H3,(H,20,23). The van der Waals surface area contributed by atoms with E-state index in [0.29, 0.717) is 38.5 Å². The number of nitrogens with zero attached hydrogens (tertiary/aromatic N) is 2. The molecule has 2 rings (SSSR count). The van der Waals surface area contributed by atoms with Crippen LogP contribution in [0.1, 0.15) is 31.5 Å². The van der Waals surface area contributed by atoms with E-state index in [0.717, 1.165) is 20.6 Å². The lowest BCUT2D eigenvalue weighted by atomic mass is 10.2. The fraction of sp³-hybridized carbons (Fsp3) is 0.444. The van der Waals surface area contributed by atoms with E-state index in [1.165, 1.54) is 0 Å². The topological polar surface area (TPSA) is 65.4 Å². The summed E-state index contributed by atoms with van der Waals surface area (Å²) in [5, 5.41) is 7.20. The Morgan fingerprint density at radius 1 is 1.24 bits per heavy atom. The number of rotatable bonds is 9. The number of ether oxygens (including phenoxy) is 2. The normalized spacial score (nSPS) is 10.6. The van der Waals surface area contributed by atoms with Gasteiger partial charge in [0.25, 0.3) is 0 Å². The second-order valence-corrected chi connectivity index (χ2v) is 6.64. The van der Waals surface area contributed by atoms with Gasteiger partial charge in [-0.2, -0.15) is 5.10 Å². The van der Waals surface area contributed by atoms with Crippen molar-refractivity contribution < 1.29 is 14.3 Å². The molecule has 0 spiro atoms. The molecule has 136 valence electrons. The van der Waals surface area contributed by atoms with Gasteiger partial charge >= 0.3 is 0 Å². The minimum absolute atomic E-state index is 0.00301. The molecule has 0 bridgehead atoms. The largest absolute Gasteiger partial charge is 0.490 e. The van der Waals surface area contributed by atoms with Crippen LogP contribution < -0.4 is 14.8 Å². The highest BCUT2D eigenvalue weighted by atomic mass is 127. The van der Waals surface area contributed by atoms with Crippen molar-refractivity contribution in [3.63, 3.8) is 0 Å². The van der Waals surface area contributed by atoms with Crippen LogP contribution in [0, 0.1) is 10.5 Å². The molecule has 0 saturated heterocycles. The van der Waals surface area contributed by atoms with Crippen LogP contribution in [0.3, 0.4) is 0 Å². The third-order valence-electron chi connectivity index (χ3n) is 3.69. The van der Waals surface area contributed by atoms with E-state index in [-0.39, 0.29) is 5.91 Å². The Balaban J connectivity index is 1.88. The molecule has 1 aromatic carbocycles. The highest BCUT2D eigenvalue weighted by Gasteiger charge is 2.09. The van der Waals surface area contributed by atoms with Crippen LogP contribution in [0.15, 0.2) is 24.4 Å². The second kappa shape index (κ2) is 9.65. The zero-order valence-electron chi connectivity index (χ0n) is 14.8. The number of benzene rings is 1. The zero-order valence-corrected chi connectivity index (χ0v) is 17.0. The van der Waals surface area contributed by atoms with Gasteiger partial charge in [-0.05, 0) is 61.1 Å². The van der Waals surface area contributed by atoms with Gasteiger partial charge in [-0.1, -0.05) is 6.07 Å². The van der Waals surface area contributed by atoms with Gasteiger partial charge in [-0.15, -0.1) is 0 Å². The van der Waals surface area contributed by atoms with Crippen LogP contribution >= 0.6 is 22.6 Å². The van der Waals surface area contributed by atoms with Crippen molar-refractivity contribution in [2.75, 3.05) is 13.2 Å². The second-order valence-electron chi connectivity index (χ2n) is 5.47. The summed E-state index contributed by atoms with van der Waals surface area (Å²) >= 11 is 2.24. The molecule has 0 saturated carbocycles. The summed E-state index contributed by atoms with van der Waals surface area (Å²) < 4.78 is 14.1. The first-order valence-electron chi connectivity index (χ1n) is 8.38. The van der Waals surface area contributed by atoms with Crippen molar-refractivity contribution in [2.24, 2.45) is 0 Å². The number of hydrogen-bond donors (Lipinski definition) is 1. The number of nitrogens with one attached hydrogen (secondary N) is 1. The Morgan fingerprint density at radius 3 is 2.60 bits per heavy atom. The summed E-state index contributed by atoms with van der Waals surface area (Å²) in [7, 11) is 0. The Kier molecular flexibility index (Phi) is 7.54. The quantitative estimate of drug-likeness (QED) is 0.587. The van der Waals surface area contributed by atoms with E-state index < -0.39 is 0 Å². The van der Waals surface area contributed by atoms with Gasteiger partial charge in [-0.3, -0.25) is 9.48 Å². The van der Waals surface area contributed by atoms with E-state index in [1.807, 2.05) is 49.8 Å². The molecule has 2 aromatic rings. The number of carbonyl (C=O) groups excluding carboxylic acids is 1. The lowest BCUT2D eigenvalue weighted by Crippen LogP contribution is -2.24. The van der Waals surface area contributed by atoms with Gasteiger partial charge in [0, 0.05) is 25.2 Å². The van der Waals surface area contributed by atoms with E-state index in [2.05, 4.69) is 33.0 Å². The predicted octanol–water partition coefficient (Wildman–Crippen LogP) is 3.30. The maximum atomic E-state index is 12.1. The van der Waals surface area contributed by atoms with Crippen LogP contribution in [-0.2, 0) is 17.9 Å². The van der Waals surface area contributed by atoms with Gasteiger partial charge < -0.3 is 14.8 Å². The predicted molar refractivity (Wildman–Crippen MR) is 105 cm³/mol. The summed E-state index contributed by atoms with van der Waals surface area (Å²) in [4.78, 5) is 12.1. The fourth-order valence-corrected chi connectivity index (χ4v) is 2.75.